The molecule has 1 aromatic rings. The van der Waals surface area contributed by atoms with E-state index in [4.69, 9.17) is 5.11 Å². The summed E-state index contributed by atoms with van der Waals surface area (Å²) in [6, 6.07) is 1.42. The van der Waals surface area contributed by atoms with Crippen LogP contribution in [0.15, 0.2) is 17.2 Å². The van der Waals surface area contributed by atoms with Crippen molar-refractivity contribution in [1.82, 2.24) is 14.6 Å². The minimum atomic E-state index is -3.46. The first kappa shape index (κ1) is 14.2. The molecule has 98 valence electrons. The largest absolute Gasteiger partial charge is 0.390 e. The molecule has 0 aliphatic carbocycles. The lowest BCUT2D eigenvalue weighted by molar-refractivity contribution is 0.277. The summed E-state index contributed by atoms with van der Waals surface area (Å²) in [6.07, 6.45) is 2.13. The van der Waals surface area contributed by atoms with Gasteiger partial charge < -0.3 is 15.0 Å². The van der Waals surface area contributed by atoms with Crippen molar-refractivity contribution in [1.29, 1.82) is 0 Å². The summed E-state index contributed by atoms with van der Waals surface area (Å²) in [5, 5.41) is 8.84. The Labute approximate surface area is 102 Å². The molecular weight excluding hydrogens is 242 g/mol. The lowest BCUT2D eigenvalue weighted by atomic mass is 10.4. The lowest BCUT2D eigenvalue weighted by Crippen LogP contribution is -2.27. The quantitative estimate of drug-likeness (QED) is 0.590. The van der Waals surface area contributed by atoms with Gasteiger partial charge in [-0.05, 0) is 33.1 Å². The first-order valence-corrected chi connectivity index (χ1v) is 6.86. The molecule has 1 heterocycles. The Morgan fingerprint density at radius 3 is 2.71 bits per heavy atom. The Balaban J connectivity index is 2.51. The molecule has 0 amide bonds. The number of aliphatic hydroxyl groups is 1. The van der Waals surface area contributed by atoms with Crippen molar-refractivity contribution >= 4 is 10.0 Å². The summed E-state index contributed by atoms with van der Waals surface area (Å²) in [7, 11) is 0.419. The number of nitrogens with one attached hydrogen (secondary N) is 2. The van der Waals surface area contributed by atoms with Crippen LogP contribution in [0.3, 0.4) is 0 Å². The molecule has 17 heavy (non-hydrogen) atoms. The third kappa shape index (κ3) is 4.47. The molecule has 0 bridgehead atoms. The van der Waals surface area contributed by atoms with Gasteiger partial charge in [-0.15, -0.1) is 0 Å². The van der Waals surface area contributed by atoms with Gasteiger partial charge in [0.25, 0.3) is 0 Å². The molecule has 1 aromatic heterocycles. The highest BCUT2D eigenvalue weighted by molar-refractivity contribution is 7.89. The molecule has 1 rings (SSSR count). The van der Waals surface area contributed by atoms with Gasteiger partial charge in [-0.25, -0.2) is 13.1 Å². The van der Waals surface area contributed by atoms with Crippen LogP contribution in [0.25, 0.3) is 0 Å². The van der Waals surface area contributed by atoms with Crippen molar-refractivity contribution in [3.8, 4) is 0 Å². The molecule has 7 heteroatoms. The summed E-state index contributed by atoms with van der Waals surface area (Å²) in [6.45, 7) is 1.04. The zero-order valence-electron chi connectivity index (χ0n) is 10.1. The van der Waals surface area contributed by atoms with Crippen molar-refractivity contribution < 1.29 is 13.5 Å². The molecule has 3 N–H and O–H groups in total. The number of aromatic amines is 1. The third-order valence-corrected chi connectivity index (χ3v) is 3.71. The highest BCUT2D eigenvalue weighted by Crippen LogP contribution is 2.10. The Morgan fingerprint density at radius 1 is 1.47 bits per heavy atom. The van der Waals surface area contributed by atoms with Crippen molar-refractivity contribution in [3.63, 3.8) is 0 Å². The Hall–Kier alpha value is -0.890. The van der Waals surface area contributed by atoms with Crippen LogP contribution in [0.2, 0.25) is 0 Å². The van der Waals surface area contributed by atoms with Crippen LogP contribution in [0.4, 0.5) is 0 Å². The normalized spacial score (nSPS) is 12.2. The fourth-order valence-electron chi connectivity index (χ4n) is 1.35. The van der Waals surface area contributed by atoms with Crippen LogP contribution in [-0.4, -0.2) is 50.6 Å². The number of sulfonamides is 1. The van der Waals surface area contributed by atoms with E-state index in [1.807, 2.05) is 19.0 Å². The Kier molecular flexibility index (Phi) is 5.13. The predicted octanol–water partition coefficient (Wildman–Crippen LogP) is -0.263. The maximum atomic E-state index is 11.8. The van der Waals surface area contributed by atoms with Gasteiger partial charge in [0.05, 0.1) is 11.5 Å². The molecule has 0 spiro atoms. The minimum absolute atomic E-state index is 0.159. The third-order valence-electron chi connectivity index (χ3n) is 2.27. The van der Waals surface area contributed by atoms with Gasteiger partial charge in [-0.2, -0.15) is 0 Å². The van der Waals surface area contributed by atoms with Gasteiger partial charge in [0.1, 0.15) is 0 Å². The van der Waals surface area contributed by atoms with E-state index in [9.17, 15) is 8.42 Å². The summed E-state index contributed by atoms with van der Waals surface area (Å²) < 4.78 is 26.1. The van der Waals surface area contributed by atoms with E-state index in [-0.39, 0.29) is 11.5 Å². The molecule has 6 nitrogen and oxygen atoms in total. The van der Waals surface area contributed by atoms with Crippen LogP contribution in [0, 0.1) is 0 Å². The average molecular weight is 261 g/mol. The molecule has 0 aliphatic heterocycles. The topological polar surface area (TPSA) is 85.4 Å². The predicted molar refractivity (Wildman–Crippen MR) is 65.1 cm³/mol. The fourth-order valence-corrected chi connectivity index (χ4v) is 2.44. The van der Waals surface area contributed by atoms with Gasteiger partial charge >= 0.3 is 0 Å². The van der Waals surface area contributed by atoms with Gasteiger partial charge in [0.2, 0.25) is 10.0 Å². The maximum Gasteiger partial charge on any atom is 0.242 e. The van der Waals surface area contributed by atoms with Crippen LogP contribution in [0.5, 0.6) is 0 Å². The molecule has 0 saturated heterocycles. The molecule has 0 radical (unpaired) electrons. The SMILES string of the molecule is CN(C)CCCNS(=O)(=O)c1c[nH]c(CO)c1. The van der Waals surface area contributed by atoms with Crippen molar-refractivity contribution in [2.45, 2.75) is 17.9 Å². The molecule has 0 aliphatic rings. The number of rotatable bonds is 7. The first-order chi connectivity index (χ1) is 7.95. The van der Waals surface area contributed by atoms with Crippen LogP contribution in [0.1, 0.15) is 12.1 Å². The molecule has 0 atom stereocenters. The maximum absolute atomic E-state index is 11.8. The summed E-state index contributed by atoms with van der Waals surface area (Å²) in [5.41, 5.74) is 0.485. The molecule has 0 fully saturated rings. The molecule has 0 aromatic carbocycles. The van der Waals surface area contributed by atoms with E-state index < -0.39 is 10.0 Å². The van der Waals surface area contributed by atoms with E-state index in [0.29, 0.717) is 12.2 Å². The van der Waals surface area contributed by atoms with E-state index in [2.05, 4.69) is 9.71 Å². The van der Waals surface area contributed by atoms with E-state index in [1.54, 1.807) is 0 Å². The van der Waals surface area contributed by atoms with E-state index >= 15 is 0 Å². The van der Waals surface area contributed by atoms with Crippen LogP contribution in [-0.2, 0) is 16.6 Å². The Morgan fingerprint density at radius 2 is 2.18 bits per heavy atom. The smallest absolute Gasteiger partial charge is 0.242 e. The standard InChI is InChI=1S/C10H19N3O3S/c1-13(2)5-3-4-12-17(15,16)10-6-9(8-14)11-7-10/h6-7,11-12,14H,3-5,8H2,1-2H3. The second kappa shape index (κ2) is 6.15. The molecule has 0 unspecified atom stereocenters. The van der Waals surface area contributed by atoms with Crippen molar-refractivity contribution in [2.75, 3.05) is 27.2 Å². The number of aromatic nitrogens is 1. The second-order valence-electron chi connectivity index (χ2n) is 4.07. The zero-order chi connectivity index (χ0) is 12.9. The molecular formula is C10H19N3O3S. The van der Waals surface area contributed by atoms with Gasteiger partial charge in [0.15, 0.2) is 0 Å². The lowest BCUT2D eigenvalue weighted by Gasteiger charge is -2.09. The number of hydrogen-bond donors (Lipinski definition) is 3. The number of aliphatic hydroxyl groups excluding tert-OH is 1. The monoisotopic (exact) mass is 261 g/mol. The Bertz CT molecular complexity index is 439. The van der Waals surface area contributed by atoms with Crippen LogP contribution < -0.4 is 4.72 Å². The summed E-state index contributed by atoms with van der Waals surface area (Å²) in [4.78, 5) is 4.85. The van der Waals surface area contributed by atoms with Crippen molar-refractivity contribution in [3.05, 3.63) is 18.0 Å². The van der Waals surface area contributed by atoms with Crippen LogP contribution >= 0.6 is 0 Å². The van der Waals surface area contributed by atoms with Gasteiger partial charge in [-0.1, -0.05) is 0 Å². The average Bonchev–Trinajstić information content (AvgIpc) is 2.73. The van der Waals surface area contributed by atoms with Gasteiger partial charge in [-0.3, -0.25) is 0 Å². The van der Waals surface area contributed by atoms with Gasteiger partial charge in [0, 0.05) is 18.4 Å². The first-order valence-electron chi connectivity index (χ1n) is 5.38. The fraction of sp³-hybridized carbons (Fsp3) is 0.600. The number of H-pyrrole nitrogens is 1. The number of nitrogens with zero attached hydrogens (tertiary/aromatic N) is 1. The van der Waals surface area contributed by atoms with E-state index in [0.717, 1.165) is 13.0 Å². The second-order valence-corrected chi connectivity index (χ2v) is 5.84. The molecule has 0 saturated carbocycles. The highest BCUT2D eigenvalue weighted by atomic mass is 32.2. The summed E-state index contributed by atoms with van der Waals surface area (Å²) >= 11 is 0. The highest BCUT2D eigenvalue weighted by Gasteiger charge is 2.14. The van der Waals surface area contributed by atoms with Crippen molar-refractivity contribution in [2.24, 2.45) is 0 Å². The minimum Gasteiger partial charge on any atom is -0.390 e. The zero-order valence-corrected chi connectivity index (χ0v) is 10.9. The number of hydrogen-bond acceptors (Lipinski definition) is 4. The van der Waals surface area contributed by atoms with E-state index in [1.165, 1.54) is 12.3 Å². The summed E-state index contributed by atoms with van der Waals surface area (Å²) in [5.74, 6) is 0.